The van der Waals surface area contributed by atoms with Crippen molar-refractivity contribution >= 4 is 28.6 Å². The molecule has 0 aliphatic heterocycles. The van der Waals surface area contributed by atoms with Crippen LogP contribution in [-0.4, -0.2) is 21.0 Å². The number of carbonyl (C=O) groups excluding carboxylic acids is 1. The molecule has 4 rings (SSSR count). The van der Waals surface area contributed by atoms with E-state index in [0.29, 0.717) is 11.3 Å². The Labute approximate surface area is 145 Å². The summed E-state index contributed by atoms with van der Waals surface area (Å²) < 4.78 is 11.0. The summed E-state index contributed by atoms with van der Waals surface area (Å²) in [5.41, 5.74) is 0.580. The van der Waals surface area contributed by atoms with Crippen LogP contribution in [0.4, 0.5) is 11.7 Å². The largest absolute Gasteiger partial charge is 0.451 e. The van der Waals surface area contributed by atoms with Crippen LogP contribution in [0.3, 0.4) is 0 Å². The van der Waals surface area contributed by atoms with Gasteiger partial charge in [-0.1, -0.05) is 29.4 Å². The standard InChI is InChI=1S/C17H10N4O5/c22-15(11-5-3-6-12(8-11)21(23)24)18-17-20-19-16(26-17)14-9-10-4-1-2-7-13(10)25-14/h1-9H,(H,18,20,22). The van der Waals surface area contributed by atoms with E-state index >= 15 is 0 Å². The van der Waals surface area contributed by atoms with Gasteiger partial charge in [0.25, 0.3) is 17.5 Å². The molecular weight excluding hydrogens is 340 g/mol. The molecule has 0 spiro atoms. The number of fused-ring (bicyclic) bond motifs is 1. The molecule has 0 saturated carbocycles. The molecule has 0 radical (unpaired) electrons. The molecule has 9 heteroatoms. The van der Waals surface area contributed by atoms with Crippen molar-refractivity contribution in [2.24, 2.45) is 0 Å². The van der Waals surface area contributed by atoms with Gasteiger partial charge in [0, 0.05) is 23.1 Å². The molecule has 0 saturated heterocycles. The van der Waals surface area contributed by atoms with Crippen molar-refractivity contribution in [1.29, 1.82) is 0 Å². The first-order chi connectivity index (χ1) is 12.6. The highest BCUT2D eigenvalue weighted by molar-refractivity contribution is 6.03. The highest BCUT2D eigenvalue weighted by Crippen LogP contribution is 2.27. The average Bonchev–Trinajstić information content (AvgIpc) is 3.28. The van der Waals surface area contributed by atoms with Gasteiger partial charge in [-0.25, -0.2) is 0 Å². The molecule has 0 aliphatic rings. The van der Waals surface area contributed by atoms with Gasteiger partial charge in [-0.2, -0.15) is 0 Å². The van der Waals surface area contributed by atoms with Crippen LogP contribution in [0.5, 0.6) is 0 Å². The lowest BCUT2D eigenvalue weighted by atomic mass is 10.2. The van der Waals surface area contributed by atoms with Gasteiger partial charge in [0.2, 0.25) is 0 Å². The van der Waals surface area contributed by atoms with Crippen molar-refractivity contribution in [2.75, 3.05) is 5.32 Å². The number of anilines is 1. The van der Waals surface area contributed by atoms with Crippen molar-refractivity contribution in [1.82, 2.24) is 10.2 Å². The van der Waals surface area contributed by atoms with Crippen molar-refractivity contribution in [3.8, 4) is 11.7 Å². The maximum atomic E-state index is 12.2. The number of nitro benzene ring substituents is 1. The zero-order valence-corrected chi connectivity index (χ0v) is 13.1. The first-order valence-electron chi connectivity index (χ1n) is 7.48. The molecule has 2 aromatic carbocycles. The number of nitrogens with one attached hydrogen (secondary N) is 1. The number of nitrogens with zero attached hydrogens (tertiary/aromatic N) is 3. The predicted molar refractivity (Wildman–Crippen MR) is 90.6 cm³/mol. The van der Waals surface area contributed by atoms with Crippen molar-refractivity contribution in [3.63, 3.8) is 0 Å². The Hall–Kier alpha value is -4.01. The number of benzene rings is 2. The zero-order valence-electron chi connectivity index (χ0n) is 13.1. The van der Waals surface area contributed by atoms with E-state index < -0.39 is 10.8 Å². The van der Waals surface area contributed by atoms with Crippen LogP contribution >= 0.6 is 0 Å². The van der Waals surface area contributed by atoms with Crippen LogP contribution in [0, 0.1) is 10.1 Å². The number of furan rings is 1. The summed E-state index contributed by atoms with van der Waals surface area (Å²) in [6.45, 7) is 0. The second-order valence-corrected chi connectivity index (χ2v) is 5.32. The monoisotopic (exact) mass is 350 g/mol. The number of nitro groups is 1. The van der Waals surface area contributed by atoms with E-state index in [1.165, 1.54) is 18.2 Å². The number of carbonyl (C=O) groups is 1. The van der Waals surface area contributed by atoms with Gasteiger partial charge in [0.05, 0.1) is 4.92 Å². The van der Waals surface area contributed by atoms with Gasteiger partial charge < -0.3 is 8.83 Å². The molecule has 0 bridgehead atoms. The fourth-order valence-electron chi connectivity index (χ4n) is 2.39. The molecule has 4 aromatic rings. The van der Waals surface area contributed by atoms with Crippen molar-refractivity contribution in [2.45, 2.75) is 0 Å². The fraction of sp³-hybridized carbons (Fsp3) is 0. The molecule has 9 nitrogen and oxygen atoms in total. The second-order valence-electron chi connectivity index (χ2n) is 5.32. The summed E-state index contributed by atoms with van der Waals surface area (Å²) in [5.74, 6) is -0.126. The molecular formula is C17H10N4O5. The van der Waals surface area contributed by atoms with Crippen LogP contribution in [0.2, 0.25) is 0 Å². The second kappa shape index (κ2) is 6.13. The molecule has 1 amide bonds. The minimum atomic E-state index is -0.603. The summed E-state index contributed by atoms with van der Waals surface area (Å²) in [7, 11) is 0. The van der Waals surface area contributed by atoms with E-state index in [2.05, 4.69) is 15.5 Å². The summed E-state index contributed by atoms with van der Waals surface area (Å²) in [5, 5.41) is 21.7. The number of amides is 1. The third kappa shape index (κ3) is 2.88. The Morgan fingerprint density at radius 1 is 1.04 bits per heavy atom. The van der Waals surface area contributed by atoms with Gasteiger partial charge in [-0.3, -0.25) is 20.2 Å². The SMILES string of the molecule is O=C(Nc1nnc(-c2cc3ccccc3o2)o1)c1cccc([N+](=O)[O-])c1. The smallest absolute Gasteiger partial charge is 0.322 e. The Morgan fingerprint density at radius 2 is 1.88 bits per heavy atom. The molecule has 0 aliphatic carbocycles. The number of hydrogen-bond donors (Lipinski definition) is 1. The molecule has 2 aromatic heterocycles. The third-order valence-electron chi connectivity index (χ3n) is 3.60. The summed E-state index contributed by atoms with van der Waals surface area (Å²) in [6.07, 6.45) is 0. The molecule has 2 heterocycles. The van der Waals surface area contributed by atoms with Gasteiger partial charge in [-0.05, 0) is 18.2 Å². The summed E-state index contributed by atoms with van der Waals surface area (Å²) >= 11 is 0. The summed E-state index contributed by atoms with van der Waals surface area (Å²) in [6, 6.07) is 14.3. The Balaban J connectivity index is 1.55. The minimum Gasteiger partial charge on any atom is -0.451 e. The lowest BCUT2D eigenvalue weighted by molar-refractivity contribution is -0.384. The lowest BCUT2D eigenvalue weighted by Crippen LogP contribution is -2.12. The van der Waals surface area contributed by atoms with Gasteiger partial charge in [0.1, 0.15) is 5.58 Å². The topological polar surface area (TPSA) is 124 Å². The van der Waals surface area contributed by atoms with E-state index in [1.54, 1.807) is 12.1 Å². The van der Waals surface area contributed by atoms with E-state index in [0.717, 1.165) is 11.5 Å². The Bertz CT molecular complexity index is 1100. The van der Waals surface area contributed by atoms with E-state index in [-0.39, 0.29) is 23.2 Å². The van der Waals surface area contributed by atoms with E-state index in [4.69, 9.17) is 8.83 Å². The third-order valence-corrected chi connectivity index (χ3v) is 3.60. The number of rotatable bonds is 4. The quantitative estimate of drug-likeness (QED) is 0.440. The normalized spacial score (nSPS) is 10.8. The highest BCUT2D eigenvalue weighted by Gasteiger charge is 2.17. The van der Waals surface area contributed by atoms with Crippen molar-refractivity contribution < 1.29 is 18.6 Å². The van der Waals surface area contributed by atoms with Crippen LogP contribution in [-0.2, 0) is 0 Å². The zero-order chi connectivity index (χ0) is 18.1. The van der Waals surface area contributed by atoms with Crippen LogP contribution in [0.1, 0.15) is 10.4 Å². The van der Waals surface area contributed by atoms with Crippen molar-refractivity contribution in [3.05, 3.63) is 70.3 Å². The minimum absolute atomic E-state index is 0.0997. The Morgan fingerprint density at radius 3 is 2.69 bits per heavy atom. The average molecular weight is 350 g/mol. The maximum Gasteiger partial charge on any atom is 0.322 e. The van der Waals surface area contributed by atoms with Crippen LogP contribution < -0.4 is 5.32 Å². The first kappa shape index (κ1) is 15.5. The molecule has 128 valence electrons. The molecule has 0 fully saturated rings. The van der Waals surface area contributed by atoms with Gasteiger partial charge in [-0.15, -0.1) is 5.10 Å². The predicted octanol–water partition coefficient (Wildman–Crippen LogP) is 3.64. The number of aromatic nitrogens is 2. The number of non-ortho nitro benzene ring substituents is 1. The van der Waals surface area contributed by atoms with E-state index in [1.807, 2.05) is 18.2 Å². The first-order valence-corrected chi connectivity index (χ1v) is 7.48. The molecule has 0 atom stereocenters. The van der Waals surface area contributed by atoms with Gasteiger partial charge >= 0.3 is 6.01 Å². The summed E-state index contributed by atoms with van der Waals surface area (Å²) in [4.78, 5) is 22.4. The Kier molecular flexibility index (Phi) is 3.66. The maximum absolute atomic E-state index is 12.2. The van der Waals surface area contributed by atoms with Crippen LogP contribution in [0.15, 0.2) is 63.4 Å². The van der Waals surface area contributed by atoms with Gasteiger partial charge in [0.15, 0.2) is 5.76 Å². The fourth-order valence-corrected chi connectivity index (χ4v) is 2.39. The highest BCUT2D eigenvalue weighted by atomic mass is 16.6. The number of hydrogen-bond acceptors (Lipinski definition) is 7. The molecule has 0 unspecified atom stereocenters. The molecule has 1 N–H and O–H groups in total. The lowest BCUT2D eigenvalue weighted by Gasteiger charge is -2.00. The van der Waals surface area contributed by atoms with E-state index in [9.17, 15) is 14.9 Å². The van der Waals surface area contributed by atoms with Crippen LogP contribution in [0.25, 0.3) is 22.6 Å². The number of para-hydroxylation sites is 1. The molecule has 26 heavy (non-hydrogen) atoms.